The minimum Gasteiger partial charge on any atom is -0.365 e. The molecule has 4 aromatic rings. The fraction of sp³-hybridized carbons (Fsp3) is 0.348. The number of hydrogen-bond donors (Lipinski definition) is 1. The number of aryl methyl sites for hydroxylation is 2. The molecule has 1 aromatic carbocycles. The van der Waals surface area contributed by atoms with Crippen LogP contribution in [-0.2, 0) is 25.8 Å². The Morgan fingerprint density at radius 3 is 2.79 bits per heavy atom. The Hall–Kier alpha value is -2.53. The molecule has 4 nitrogen and oxygen atoms in total. The number of thiophene rings is 1. The molecule has 0 radical (unpaired) electrons. The minimum absolute atomic E-state index is 0.758. The van der Waals surface area contributed by atoms with E-state index in [4.69, 9.17) is 4.98 Å². The van der Waals surface area contributed by atoms with Crippen molar-refractivity contribution in [3.63, 3.8) is 0 Å². The third kappa shape index (κ3) is 3.04. The van der Waals surface area contributed by atoms with E-state index in [9.17, 15) is 0 Å². The Morgan fingerprint density at radius 1 is 1.07 bits per heavy atom. The molecule has 0 bridgehead atoms. The maximum atomic E-state index is 5.10. The predicted octanol–water partition coefficient (Wildman–Crippen LogP) is 5.68. The maximum absolute atomic E-state index is 5.10. The highest BCUT2D eigenvalue weighted by molar-refractivity contribution is 7.26. The summed E-state index contributed by atoms with van der Waals surface area (Å²) in [7, 11) is 0. The van der Waals surface area contributed by atoms with Crippen LogP contribution in [0.15, 0.2) is 36.7 Å². The molecule has 0 spiro atoms. The van der Waals surface area contributed by atoms with Crippen molar-refractivity contribution in [2.75, 3.05) is 5.32 Å². The van der Waals surface area contributed by atoms with Gasteiger partial charge in [0.1, 0.15) is 17.0 Å². The second-order valence-electron chi connectivity index (χ2n) is 7.49. The first kappa shape index (κ1) is 17.6. The first-order valence-corrected chi connectivity index (χ1v) is 11.0. The van der Waals surface area contributed by atoms with Crippen molar-refractivity contribution >= 4 is 37.6 Å². The van der Waals surface area contributed by atoms with Crippen LogP contribution in [0.4, 0.5) is 5.82 Å². The summed E-state index contributed by atoms with van der Waals surface area (Å²) in [6, 6.07) is 10.4. The average Bonchev–Trinajstić information content (AvgIpc) is 3.35. The van der Waals surface area contributed by atoms with Crippen LogP contribution in [-0.4, -0.2) is 15.0 Å². The van der Waals surface area contributed by atoms with Gasteiger partial charge in [-0.2, -0.15) is 0 Å². The lowest BCUT2D eigenvalue weighted by molar-refractivity contribution is 0.770. The lowest BCUT2D eigenvalue weighted by Crippen LogP contribution is -2.01. The van der Waals surface area contributed by atoms with Crippen molar-refractivity contribution in [2.45, 2.75) is 52.0 Å². The molecular weight excluding hydrogens is 364 g/mol. The number of aromatic nitrogens is 3. The molecule has 3 heterocycles. The first-order chi connectivity index (χ1) is 13.8. The molecule has 28 heavy (non-hydrogen) atoms. The van der Waals surface area contributed by atoms with Gasteiger partial charge >= 0.3 is 0 Å². The molecule has 5 rings (SSSR count). The number of hydrogen-bond acceptors (Lipinski definition) is 5. The fourth-order valence-corrected chi connectivity index (χ4v) is 5.38. The molecule has 1 aliphatic rings. The lowest BCUT2D eigenvalue weighted by Gasteiger charge is -2.09. The molecule has 0 saturated heterocycles. The predicted molar refractivity (Wildman–Crippen MR) is 117 cm³/mol. The summed E-state index contributed by atoms with van der Waals surface area (Å²) in [6.45, 7) is 3.01. The number of benzene rings is 1. The van der Waals surface area contributed by atoms with Gasteiger partial charge in [0, 0.05) is 17.6 Å². The van der Waals surface area contributed by atoms with Crippen molar-refractivity contribution in [3.05, 3.63) is 59.0 Å². The zero-order valence-corrected chi connectivity index (χ0v) is 17.0. The van der Waals surface area contributed by atoms with Gasteiger partial charge in [0.25, 0.3) is 0 Å². The van der Waals surface area contributed by atoms with Gasteiger partial charge in [-0.15, -0.1) is 11.3 Å². The van der Waals surface area contributed by atoms with E-state index in [2.05, 4.69) is 46.5 Å². The molecule has 142 valence electrons. The van der Waals surface area contributed by atoms with Gasteiger partial charge in [-0.3, -0.25) is 0 Å². The van der Waals surface area contributed by atoms with Gasteiger partial charge in [0.2, 0.25) is 0 Å². The van der Waals surface area contributed by atoms with E-state index in [1.54, 1.807) is 17.7 Å². The number of rotatable bonds is 6. The van der Waals surface area contributed by atoms with Gasteiger partial charge in [-0.25, -0.2) is 15.0 Å². The smallest absolute Gasteiger partial charge is 0.147 e. The van der Waals surface area contributed by atoms with Gasteiger partial charge < -0.3 is 5.32 Å². The SMILES string of the molecule is CCCCc1nc2sc3c(NCc4ccccc4)ncnc3c2c2c1CCC2. The molecular formula is C23H24N4S. The van der Waals surface area contributed by atoms with Gasteiger partial charge in [0.15, 0.2) is 0 Å². The van der Waals surface area contributed by atoms with Crippen LogP contribution in [0, 0.1) is 0 Å². The Balaban J connectivity index is 1.60. The Morgan fingerprint density at radius 2 is 1.93 bits per heavy atom. The Kier molecular flexibility index (Phi) is 4.69. The van der Waals surface area contributed by atoms with Crippen LogP contribution in [0.2, 0.25) is 0 Å². The van der Waals surface area contributed by atoms with Crippen molar-refractivity contribution in [3.8, 4) is 0 Å². The molecule has 0 aliphatic heterocycles. The van der Waals surface area contributed by atoms with Crippen LogP contribution in [0.5, 0.6) is 0 Å². The highest BCUT2D eigenvalue weighted by atomic mass is 32.1. The summed E-state index contributed by atoms with van der Waals surface area (Å²) in [6.07, 6.45) is 8.74. The van der Waals surface area contributed by atoms with Gasteiger partial charge in [-0.05, 0) is 48.8 Å². The number of fused-ring (bicyclic) bond motifs is 5. The Labute approximate surface area is 169 Å². The second kappa shape index (κ2) is 7.47. The van der Waals surface area contributed by atoms with Crippen LogP contribution in [0.25, 0.3) is 20.4 Å². The standard InChI is InChI=1S/C23H24N4S/c1-2-3-12-18-16-10-7-11-17(16)19-20-21(28-23(19)27-18)22(26-14-25-20)24-13-15-8-5-4-6-9-15/h4-6,8-9,14H,2-3,7,10-13H2,1H3,(H,24,25,26). The molecule has 3 aromatic heterocycles. The van der Waals surface area contributed by atoms with E-state index in [0.717, 1.165) is 40.3 Å². The number of unbranched alkanes of at least 4 members (excludes halogenated alkanes) is 1. The van der Waals surface area contributed by atoms with Crippen LogP contribution < -0.4 is 5.32 Å². The van der Waals surface area contributed by atoms with E-state index < -0.39 is 0 Å². The monoisotopic (exact) mass is 388 g/mol. The first-order valence-electron chi connectivity index (χ1n) is 10.2. The normalized spacial score (nSPS) is 13.3. The van der Waals surface area contributed by atoms with Crippen LogP contribution in [0.1, 0.15) is 48.6 Å². The largest absolute Gasteiger partial charge is 0.365 e. The molecule has 1 N–H and O–H groups in total. The zero-order chi connectivity index (χ0) is 18.9. The number of nitrogens with zero attached hydrogens (tertiary/aromatic N) is 3. The number of pyridine rings is 1. The van der Waals surface area contributed by atoms with Gasteiger partial charge in [-0.1, -0.05) is 43.7 Å². The molecule has 0 amide bonds. The van der Waals surface area contributed by atoms with Gasteiger partial charge in [0.05, 0.1) is 10.2 Å². The van der Waals surface area contributed by atoms with Crippen molar-refractivity contribution in [1.29, 1.82) is 0 Å². The average molecular weight is 389 g/mol. The van der Waals surface area contributed by atoms with E-state index in [1.807, 2.05) is 6.07 Å². The molecule has 0 unspecified atom stereocenters. The zero-order valence-electron chi connectivity index (χ0n) is 16.2. The highest BCUT2D eigenvalue weighted by Gasteiger charge is 2.24. The highest BCUT2D eigenvalue weighted by Crippen LogP contribution is 2.41. The summed E-state index contributed by atoms with van der Waals surface area (Å²) in [5.74, 6) is 0.915. The summed E-state index contributed by atoms with van der Waals surface area (Å²) in [5.41, 5.74) is 6.63. The van der Waals surface area contributed by atoms with Crippen molar-refractivity contribution in [1.82, 2.24) is 15.0 Å². The topological polar surface area (TPSA) is 50.7 Å². The summed E-state index contributed by atoms with van der Waals surface area (Å²) < 4.78 is 1.13. The van der Waals surface area contributed by atoms with Crippen molar-refractivity contribution < 1.29 is 0 Å². The maximum Gasteiger partial charge on any atom is 0.147 e. The minimum atomic E-state index is 0.758. The molecule has 0 saturated carbocycles. The third-order valence-corrected chi connectivity index (χ3v) is 6.71. The van der Waals surface area contributed by atoms with Crippen molar-refractivity contribution in [2.24, 2.45) is 0 Å². The second-order valence-corrected chi connectivity index (χ2v) is 8.49. The quantitative estimate of drug-likeness (QED) is 0.461. The molecule has 1 aliphatic carbocycles. The summed E-state index contributed by atoms with van der Waals surface area (Å²) in [5, 5.41) is 4.79. The fourth-order valence-electron chi connectivity index (χ4n) is 4.23. The molecule has 0 fully saturated rings. The number of anilines is 1. The lowest BCUT2D eigenvalue weighted by atomic mass is 10.0. The van der Waals surface area contributed by atoms with Crippen LogP contribution >= 0.6 is 11.3 Å². The number of nitrogens with one attached hydrogen (secondary N) is 1. The summed E-state index contributed by atoms with van der Waals surface area (Å²) >= 11 is 1.74. The molecule has 0 atom stereocenters. The van der Waals surface area contributed by atoms with Crippen LogP contribution in [0.3, 0.4) is 0 Å². The summed E-state index contributed by atoms with van der Waals surface area (Å²) in [4.78, 5) is 15.5. The Bertz CT molecular complexity index is 1130. The van der Waals surface area contributed by atoms with E-state index in [-0.39, 0.29) is 0 Å². The van der Waals surface area contributed by atoms with E-state index >= 15 is 0 Å². The van der Waals surface area contributed by atoms with E-state index in [0.29, 0.717) is 0 Å². The van der Waals surface area contributed by atoms with E-state index in [1.165, 1.54) is 53.5 Å². The molecule has 5 heteroatoms. The third-order valence-electron chi connectivity index (χ3n) is 5.63.